The molecule has 0 saturated heterocycles. The number of benzene rings is 2. The second kappa shape index (κ2) is 8.50. The van der Waals surface area contributed by atoms with Crippen molar-refractivity contribution in [3.63, 3.8) is 0 Å². The van der Waals surface area contributed by atoms with Crippen LogP contribution in [0.25, 0.3) is 0 Å². The first-order chi connectivity index (χ1) is 12.7. The highest BCUT2D eigenvalue weighted by Crippen LogP contribution is 2.51. The lowest BCUT2D eigenvalue weighted by Gasteiger charge is -2.36. The van der Waals surface area contributed by atoms with Gasteiger partial charge in [0.15, 0.2) is 0 Å². The summed E-state index contributed by atoms with van der Waals surface area (Å²) in [6.07, 6.45) is 4.15. The molecule has 0 aliphatic heterocycles. The molecule has 1 amide bonds. The van der Waals surface area contributed by atoms with Crippen LogP contribution in [0.1, 0.15) is 55.2 Å². The highest BCUT2D eigenvalue weighted by Gasteiger charge is 2.51. The minimum Gasteiger partial charge on any atom is -0.396 e. The van der Waals surface area contributed by atoms with Gasteiger partial charge < -0.3 is 10.4 Å². The van der Waals surface area contributed by atoms with Gasteiger partial charge in [-0.3, -0.25) is 4.79 Å². The van der Waals surface area contributed by atoms with Crippen LogP contribution < -0.4 is 5.32 Å². The SMILES string of the molecule is CCCNC(=O)[C@]1(CCCCO)c2ccccc2CC1c1ccccc1. The van der Waals surface area contributed by atoms with Gasteiger partial charge in [0.25, 0.3) is 0 Å². The van der Waals surface area contributed by atoms with Crippen LogP contribution in [0.2, 0.25) is 0 Å². The molecule has 3 heteroatoms. The standard InChI is InChI=1S/C23H29NO2/c1-2-15-24-22(26)23(14-8-9-16-25)20-13-7-6-12-19(20)17-21(23)18-10-4-3-5-11-18/h3-7,10-13,21,25H,2,8-9,14-17H2,1H3,(H,24,26)/t21?,23-/m1/s1. The van der Waals surface area contributed by atoms with Gasteiger partial charge >= 0.3 is 0 Å². The molecule has 3 rings (SSSR count). The number of amides is 1. The number of hydrogen-bond acceptors (Lipinski definition) is 2. The van der Waals surface area contributed by atoms with Gasteiger partial charge in [-0.05, 0) is 48.8 Å². The summed E-state index contributed by atoms with van der Waals surface area (Å²) in [5, 5.41) is 12.5. The van der Waals surface area contributed by atoms with E-state index in [-0.39, 0.29) is 18.4 Å². The lowest BCUT2D eigenvalue weighted by atomic mass is 9.68. The highest BCUT2D eigenvalue weighted by atomic mass is 16.2. The van der Waals surface area contributed by atoms with E-state index in [1.165, 1.54) is 16.7 Å². The van der Waals surface area contributed by atoms with Gasteiger partial charge in [-0.25, -0.2) is 0 Å². The zero-order valence-electron chi connectivity index (χ0n) is 15.6. The van der Waals surface area contributed by atoms with Gasteiger partial charge in [0, 0.05) is 19.1 Å². The molecule has 0 bridgehead atoms. The molecular formula is C23H29NO2. The predicted molar refractivity (Wildman–Crippen MR) is 105 cm³/mol. The molecule has 1 unspecified atom stereocenters. The Hall–Kier alpha value is -2.13. The molecule has 1 aliphatic rings. The van der Waals surface area contributed by atoms with Crippen molar-refractivity contribution >= 4 is 5.91 Å². The van der Waals surface area contributed by atoms with E-state index < -0.39 is 5.41 Å². The molecule has 0 heterocycles. The average Bonchev–Trinajstić information content (AvgIpc) is 3.02. The third kappa shape index (κ3) is 3.41. The zero-order chi connectivity index (χ0) is 18.4. The van der Waals surface area contributed by atoms with Gasteiger partial charge in [-0.2, -0.15) is 0 Å². The fourth-order valence-electron chi connectivity index (χ4n) is 4.42. The van der Waals surface area contributed by atoms with Gasteiger partial charge in [-0.15, -0.1) is 0 Å². The molecule has 0 aromatic heterocycles. The Morgan fingerprint density at radius 3 is 2.58 bits per heavy atom. The van der Waals surface area contributed by atoms with Crippen LogP contribution in [0.3, 0.4) is 0 Å². The molecule has 2 aromatic carbocycles. The highest BCUT2D eigenvalue weighted by molar-refractivity contribution is 5.91. The first kappa shape index (κ1) is 18.7. The Labute approximate surface area is 156 Å². The zero-order valence-corrected chi connectivity index (χ0v) is 15.6. The largest absolute Gasteiger partial charge is 0.396 e. The first-order valence-corrected chi connectivity index (χ1v) is 9.76. The summed E-state index contributed by atoms with van der Waals surface area (Å²) in [4.78, 5) is 13.5. The maximum atomic E-state index is 13.5. The van der Waals surface area contributed by atoms with Gasteiger partial charge in [0.05, 0.1) is 5.41 Å². The Balaban J connectivity index is 2.08. The third-order valence-corrected chi connectivity index (χ3v) is 5.64. The molecule has 26 heavy (non-hydrogen) atoms. The Kier molecular flexibility index (Phi) is 6.10. The van der Waals surface area contributed by atoms with Crippen molar-refractivity contribution in [3.05, 3.63) is 71.3 Å². The Bertz CT molecular complexity index is 728. The Morgan fingerprint density at radius 2 is 1.85 bits per heavy atom. The van der Waals surface area contributed by atoms with Crippen LogP contribution in [-0.2, 0) is 16.6 Å². The molecule has 0 saturated carbocycles. The van der Waals surface area contributed by atoms with E-state index >= 15 is 0 Å². The van der Waals surface area contributed by atoms with Crippen LogP contribution in [0.15, 0.2) is 54.6 Å². The van der Waals surface area contributed by atoms with Crippen molar-refractivity contribution in [2.24, 2.45) is 0 Å². The summed E-state index contributed by atoms with van der Waals surface area (Å²) in [6, 6.07) is 18.8. The average molecular weight is 351 g/mol. The minimum atomic E-state index is -0.553. The number of nitrogens with one attached hydrogen (secondary N) is 1. The first-order valence-electron chi connectivity index (χ1n) is 9.76. The quantitative estimate of drug-likeness (QED) is 0.708. The normalized spacial score (nSPS) is 21.4. The van der Waals surface area contributed by atoms with Crippen LogP contribution in [0, 0.1) is 0 Å². The Morgan fingerprint density at radius 1 is 1.12 bits per heavy atom. The molecule has 138 valence electrons. The van der Waals surface area contributed by atoms with Crippen molar-refractivity contribution in [2.75, 3.05) is 13.2 Å². The predicted octanol–water partition coefficient (Wildman–Crippen LogP) is 3.95. The van der Waals surface area contributed by atoms with Crippen LogP contribution in [0.4, 0.5) is 0 Å². The molecule has 3 nitrogen and oxygen atoms in total. The summed E-state index contributed by atoms with van der Waals surface area (Å²) < 4.78 is 0. The van der Waals surface area contributed by atoms with E-state index in [2.05, 4.69) is 54.7 Å². The topological polar surface area (TPSA) is 49.3 Å². The van der Waals surface area contributed by atoms with Crippen molar-refractivity contribution in [2.45, 2.75) is 50.4 Å². The summed E-state index contributed by atoms with van der Waals surface area (Å²) >= 11 is 0. The number of aliphatic hydroxyl groups excluding tert-OH is 1. The third-order valence-electron chi connectivity index (χ3n) is 5.64. The maximum Gasteiger partial charge on any atom is 0.231 e. The number of aliphatic hydroxyl groups is 1. The smallest absolute Gasteiger partial charge is 0.231 e. The maximum absolute atomic E-state index is 13.5. The summed E-state index contributed by atoms with van der Waals surface area (Å²) in [7, 11) is 0. The monoisotopic (exact) mass is 351 g/mol. The summed E-state index contributed by atoms with van der Waals surface area (Å²) in [6.45, 7) is 2.95. The second-order valence-electron chi connectivity index (χ2n) is 7.23. The van der Waals surface area contributed by atoms with Crippen molar-refractivity contribution < 1.29 is 9.90 Å². The van der Waals surface area contributed by atoms with Crippen molar-refractivity contribution in [3.8, 4) is 0 Å². The van der Waals surface area contributed by atoms with Gasteiger partial charge in [0.1, 0.15) is 0 Å². The van der Waals surface area contributed by atoms with Gasteiger partial charge in [0.2, 0.25) is 5.91 Å². The fraction of sp³-hybridized carbons (Fsp3) is 0.435. The van der Waals surface area contributed by atoms with Crippen molar-refractivity contribution in [1.29, 1.82) is 0 Å². The molecule has 2 aromatic rings. The molecule has 2 N–H and O–H groups in total. The van der Waals surface area contributed by atoms with E-state index in [4.69, 9.17) is 0 Å². The second-order valence-corrected chi connectivity index (χ2v) is 7.23. The number of rotatable bonds is 8. The summed E-state index contributed by atoms with van der Waals surface area (Å²) in [5.41, 5.74) is 3.11. The van der Waals surface area contributed by atoms with E-state index in [0.29, 0.717) is 6.54 Å². The molecule has 0 spiro atoms. The summed E-state index contributed by atoms with van der Waals surface area (Å²) in [5.74, 6) is 0.271. The molecular weight excluding hydrogens is 322 g/mol. The lowest BCUT2D eigenvalue weighted by molar-refractivity contribution is -0.127. The fourth-order valence-corrected chi connectivity index (χ4v) is 4.42. The van der Waals surface area contributed by atoms with E-state index in [0.717, 1.165) is 32.1 Å². The number of carbonyl (C=O) groups excluding carboxylic acids is 1. The molecule has 2 atom stereocenters. The number of fused-ring (bicyclic) bond motifs is 1. The molecule has 0 radical (unpaired) electrons. The van der Waals surface area contributed by atoms with E-state index in [1.54, 1.807) is 0 Å². The molecule has 0 fully saturated rings. The van der Waals surface area contributed by atoms with Gasteiger partial charge in [-0.1, -0.05) is 61.5 Å². The van der Waals surface area contributed by atoms with Crippen molar-refractivity contribution in [1.82, 2.24) is 5.32 Å². The molecule has 1 aliphatic carbocycles. The number of unbranched alkanes of at least 4 members (excludes halogenated alkanes) is 1. The number of hydrogen-bond donors (Lipinski definition) is 2. The lowest BCUT2D eigenvalue weighted by Crippen LogP contribution is -2.47. The van der Waals surface area contributed by atoms with E-state index in [1.807, 2.05) is 12.1 Å². The van der Waals surface area contributed by atoms with Crippen LogP contribution >= 0.6 is 0 Å². The minimum absolute atomic E-state index is 0.135. The van der Waals surface area contributed by atoms with Crippen LogP contribution in [-0.4, -0.2) is 24.2 Å². The van der Waals surface area contributed by atoms with E-state index in [9.17, 15) is 9.90 Å². The van der Waals surface area contributed by atoms with Crippen LogP contribution in [0.5, 0.6) is 0 Å². The number of carbonyl (C=O) groups is 1.